The number of para-hydroxylation sites is 1. The summed E-state index contributed by atoms with van der Waals surface area (Å²) < 4.78 is 34.7. The molecule has 0 saturated carbocycles. The summed E-state index contributed by atoms with van der Waals surface area (Å²) in [7, 11) is -3.71. The fourth-order valence-corrected chi connectivity index (χ4v) is 7.70. The zero-order chi connectivity index (χ0) is 26.9. The van der Waals surface area contributed by atoms with E-state index in [0.29, 0.717) is 23.8 Å². The molecule has 0 bridgehead atoms. The Kier molecular flexibility index (Phi) is 7.83. The van der Waals surface area contributed by atoms with Crippen LogP contribution in [0.2, 0.25) is 0 Å². The highest BCUT2D eigenvalue weighted by atomic mass is 32.2. The predicted octanol–water partition coefficient (Wildman–Crippen LogP) is 5.06. The Morgan fingerprint density at radius 3 is 2.50 bits per heavy atom. The fourth-order valence-electron chi connectivity index (χ4n) is 4.49. The Morgan fingerprint density at radius 1 is 1.11 bits per heavy atom. The second-order valence-corrected chi connectivity index (χ2v) is 13.0. The van der Waals surface area contributed by atoms with Gasteiger partial charge in [-0.15, -0.1) is 11.8 Å². The van der Waals surface area contributed by atoms with Gasteiger partial charge in [-0.3, -0.25) is 14.7 Å². The van der Waals surface area contributed by atoms with E-state index in [1.165, 1.54) is 27.8 Å². The molecule has 0 aliphatic carbocycles. The second-order valence-electron chi connectivity index (χ2n) is 9.16. The summed E-state index contributed by atoms with van der Waals surface area (Å²) in [6.07, 6.45) is 5.04. The van der Waals surface area contributed by atoms with E-state index in [2.05, 4.69) is 4.98 Å². The monoisotopic (exact) mass is 568 g/mol. The first kappa shape index (κ1) is 26.8. The molecule has 2 aromatic heterocycles. The quantitative estimate of drug-likeness (QED) is 0.288. The van der Waals surface area contributed by atoms with E-state index in [0.717, 1.165) is 20.7 Å². The lowest BCUT2D eigenvalue weighted by Crippen LogP contribution is -2.48. The van der Waals surface area contributed by atoms with Crippen LogP contribution in [0.5, 0.6) is 0 Å². The van der Waals surface area contributed by atoms with E-state index < -0.39 is 10.0 Å². The molecule has 8 nitrogen and oxygen atoms in total. The van der Waals surface area contributed by atoms with Crippen LogP contribution in [0.1, 0.15) is 29.8 Å². The number of sulfonamides is 1. The number of morpholine rings is 1. The van der Waals surface area contributed by atoms with Crippen LogP contribution in [0.15, 0.2) is 76.8 Å². The van der Waals surface area contributed by atoms with E-state index in [-0.39, 0.29) is 29.6 Å². The Balaban J connectivity index is 1.47. The number of hydrogen-bond acceptors (Lipinski definition) is 8. The number of rotatable bonds is 7. The molecule has 1 fully saturated rings. The lowest BCUT2D eigenvalue weighted by Gasteiger charge is -2.34. The molecule has 2 atom stereocenters. The molecule has 1 saturated heterocycles. The van der Waals surface area contributed by atoms with E-state index in [1.54, 1.807) is 41.2 Å². The number of thiazole rings is 1. The number of benzene rings is 2. The molecule has 2 unspecified atom stereocenters. The summed E-state index contributed by atoms with van der Waals surface area (Å²) in [5, 5.41) is 0.573. The third-order valence-electron chi connectivity index (χ3n) is 6.26. The summed E-state index contributed by atoms with van der Waals surface area (Å²) in [5.74, 6) is -0.267. The molecule has 1 aliphatic rings. The smallest absolute Gasteiger partial charge is 0.260 e. The van der Waals surface area contributed by atoms with E-state index >= 15 is 0 Å². The van der Waals surface area contributed by atoms with Crippen LogP contribution in [-0.2, 0) is 21.3 Å². The Bertz CT molecular complexity index is 1530. The highest BCUT2D eigenvalue weighted by Crippen LogP contribution is 2.35. The molecule has 0 radical (unpaired) electrons. The van der Waals surface area contributed by atoms with Crippen LogP contribution in [0.25, 0.3) is 10.2 Å². The summed E-state index contributed by atoms with van der Waals surface area (Å²) in [4.78, 5) is 25.7. The maximum absolute atomic E-state index is 13.8. The third kappa shape index (κ3) is 5.48. The van der Waals surface area contributed by atoms with Crippen molar-refractivity contribution < 1.29 is 17.9 Å². The molecule has 2 aromatic carbocycles. The molecule has 198 valence electrons. The van der Waals surface area contributed by atoms with Crippen LogP contribution in [-0.4, -0.2) is 60.2 Å². The zero-order valence-electron chi connectivity index (χ0n) is 21.3. The SMILES string of the molecule is CSc1cccc2sc(N(Cc3cccnc3)C(=O)c3ccc(S(=O)(=O)N4CC(C)OC(C)C4)cc3)nc12. The number of aromatic nitrogens is 2. The molecule has 38 heavy (non-hydrogen) atoms. The van der Waals surface area contributed by atoms with Crippen molar-refractivity contribution in [2.75, 3.05) is 24.2 Å². The molecular formula is C27H28N4O4S3. The predicted molar refractivity (Wildman–Crippen MR) is 151 cm³/mol. The van der Waals surface area contributed by atoms with Crippen molar-refractivity contribution in [1.29, 1.82) is 0 Å². The van der Waals surface area contributed by atoms with Crippen molar-refractivity contribution in [3.8, 4) is 0 Å². The standard InChI is InChI=1S/C27H28N4O4S3/c1-18-15-30(16-19(2)35-18)38(33,34)22-11-9-21(10-12-22)26(32)31(17-20-6-5-13-28-14-20)27-29-25-23(36-3)7-4-8-24(25)37-27/h4-14,18-19H,15-17H2,1-3H3. The van der Waals surface area contributed by atoms with Crippen molar-refractivity contribution in [1.82, 2.24) is 14.3 Å². The van der Waals surface area contributed by atoms with Gasteiger partial charge >= 0.3 is 0 Å². The second kappa shape index (κ2) is 11.1. The number of carbonyl (C=O) groups excluding carboxylic acids is 1. The molecule has 3 heterocycles. The van der Waals surface area contributed by atoms with Crippen LogP contribution in [0.4, 0.5) is 5.13 Å². The molecule has 1 aliphatic heterocycles. The maximum atomic E-state index is 13.8. The Hall–Kier alpha value is -2.83. The first-order chi connectivity index (χ1) is 18.3. The zero-order valence-corrected chi connectivity index (χ0v) is 23.7. The summed E-state index contributed by atoms with van der Waals surface area (Å²) in [6.45, 7) is 4.59. The number of amides is 1. The number of pyridine rings is 1. The number of ether oxygens (including phenoxy) is 1. The van der Waals surface area contributed by atoms with Gasteiger partial charge in [0, 0.05) is 35.9 Å². The van der Waals surface area contributed by atoms with Gasteiger partial charge in [0.2, 0.25) is 10.0 Å². The molecule has 0 N–H and O–H groups in total. The van der Waals surface area contributed by atoms with Crippen LogP contribution in [0.3, 0.4) is 0 Å². The van der Waals surface area contributed by atoms with Gasteiger partial charge in [-0.25, -0.2) is 13.4 Å². The van der Waals surface area contributed by atoms with Crippen LogP contribution < -0.4 is 4.90 Å². The van der Waals surface area contributed by atoms with E-state index in [4.69, 9.17) is 9.72 Å². The van der Waals surface area contributed by atoms with Crippen molar-refractivity contribution in [3.05, 3.63) is 78.1 Å². The molecule has 1 amide bonds. The van der Waals surface area contributed by atoms with Gasteiger partial charge in [0.15, 0.2) is 5.13 Å². The minimum absolute atomic E-state index is 0.152. The lowest BCUT2D eigenvalue weighted by atomic mass is 10.2. The average molecular weight is 569 g/mol. The molecule has 5 rings (SSSR count). The number of hydrogen-bond donors (Lipinski definition) is 0. The van der Waals surface area contributed by atoms with Gasteiger partial charge in [-0.05, 0) is 68.1 Å². The lowest BCUT2D eigenvalue weighted by molar-refractivity contribution is -0.0440. The minimum Gasteiger partial charge on any atom is -0.373 e. The fraction of sp³-hybridized carbons (Fsp3) is 0.296. The topological polar surface area (TPSA) is 92.7 Å². The number of fused-ring (bicyclic) bond motifs is 1. The molecular weight excluding hydrogens is 541 g/mol. The number of carbonyl (C=O) groups is 1. The Morgan fingerprint density at radius 2 is 1.84 bits per heavy atom. The van der Waals surface area contributed by atoms with Gasteiger partial charge in [-0.2, -0.15) is 4.31 Å². The van der Waals surface area contributed by atoms with Gasteiger partial charge < -0.3 is 4.74 Å². The largest absolute Gasteiger partial charge is 0.373 e. The third-order valence-corrected chi connectivity index (χ3v) is 9.91. The number of thioether (sulfide) groups is 1. The van der Waals surface area contributed by atoms with Gasteiger partial charge in [0.1, 0.15) is 0 Å². The molecule has 4 aromatic rings. The van der Waals surface area contributed by atoms with Crippen molar-refractivity contribution >= 4 is 54.4 Å². The first-order valence-corrected chi connectivity index (χ1v) is 15.6. The highest BCUT2D eigenvalue weighted by Gasteiger charge is 2.32. The van der Waals surface area contributed by atoms with Gasteiger partial charge in [0.25, 0.3) is 5.91 Å². The normalized spacial score (nSPS) is 18.5. The van der Waals surface area contributed by atoms with Crippen LogP contribution in [0, 0.1) is 0 Å². The maximum Gasteiger partial charge on any atom is 0.260 e. The molecule has 11 heteroatoms. The van der Waals surface area contributed by atoms with Crippen molar-refractivity contribution in [2.24, 2.45) is 0 Å². The van der Waals surface area contributed by atoms with Gasteiger partial charge in [-0.1, -0.05) is 23.5 Å². The van der Waals surface area contributed by atoms with Gasteiger partial charge in [0.05, 0.1) is 33.9 Å². The van der Waals surface area contributed by atoms with Crippen molar-refractivity contribution in [3.63, 3.8) is 0 Å². The average Bonchev–Trinajstić information content (AvgIpc) is 3.36. The minimum atomic E-state index is -3.71. The summed E-state index contributed by atoms with van der Waals surface area (Å²) in [5.41, 5.74) is 2.10. The number of anilines is 1. The highest BCUT2D eigenvalue weighted by molar-refractivity contribution is 7.98. The summed E-state index contributed by atoms with van der Waals surface area (Å²) >= 11 is 3.06. The van der Waals surface area contributed by atoms with Crippen molar-refractivity contribution in [2.45, 2.75) is 42.4 Å². The van der Waals surface area contributed by atoms with E-state index in [9.17, 15) is 13.2 Å². The Labute approximate surface area is 230 Å². The van der Waals surface area contributed by atoms with E-state index in [1.807, 2.05) is 50.4 Å². The number of nitrogens with zero attached hydrogens (tertiary/aromatic N) is 4. The van der Waals surface area contributed by atoms with Crippen LogP contribution >= 0.6 is 23.1 Å². The molecule has 0 spiro atoms. The first-order valence-electron chi connectivity index (χ1n) is 12.2. The summed E-state index contributed by atoms with van der Waals surface area (Å²) in [6, 6.07) is 15.9.